The summed E-state index contributed by atoms with van der Waals surface area (Å²) in [5, 5.41) is 12.5. The van der Waals surface area contributed by atoms with Crippen molar-refractivity contribution in [3.05, 3.63) is 59.2 Å². The van der Waals surface area contributed by atoms with Gasteiger partial charge >= 0.3 is 0 Å². The minimum absolute atomic E-state index is 0.476. The molecule has 0 saturated carbocycles. The Morgan fingerprint density at radius 2 is 1.95 bits per heavy atom. The minimum Gasteiger partial charge on any atom is -0.495 e. The van der Waals surface area contributed by atoms with Crippen molar-refractivity contribution < 1.29 is 4.74 Å². The number of hydrogen-bond donors (Lipinski definition) is 1. The molecule has 0 bridgehead atoms. The van der Waals surface area contributed by atoms with Crippen LogP contribution in [-0.2, 0) is 6.54 Å². The number of para-hydroxylation sites is 1. The lowest BCUT2D eigenvalue weighted by Gasteiger charge is -2.15. The second-order valence-corrected chi connectivity index (χ2v) is 5.24. The molecule has 3 heteroatoms. The second-order valence-electron chi connectivity index (χ2n) is 5.24. The molecule has 0 amide bonds. The third-order valence-corrected chi connectivity index (χ3v) is 3.45. The Kier molecular flexibility index (Phi) is 4.84. The molecule has 0 aliphatic rings. The van der Waals surface area contributed by atoms with Gasteiger partial charge in [0.1, 0.15) is 11.8 Å². The molecule has 0 unspecified atom stereocenters. The predicted molar refractivity (Wildman–Crippen MR) is 85.6 cm³/mol. The van der Waals surface area contributed by atoms with Crippen LogP contribution in [0.3, 0.4) is 0 Å². The minimum atomic E-state index is 0.476. The highest BCUT2D eigenvalue weighted by molar-refractivity contribution is 5.53. The van der Waals surface area contributed by atoms with Crippen molar-refractivity contribution in [2.24, 2.45) is 0 Å². The van der Waals surface area contributed by atoms with Crippen LogP contribution in [0.1, 0.15) is 36.5 Å². The highest BCUT2D eigenvalue weighted by Crippen LogP contribution is 2.25. The van der Waals surface area contributed by atoms with Crippen LogP contribution in [0.4, 0.5) is 5.69 Å². The Hall–Kier alpha value is -2.47. The lowest BCUT2D eigenvalue weighted by atomic mass is 10.0. The average molecular weight is 280 g/mol. The summed E-state index contributed by atoms with van der Waals surface area (Å²) in [6.45, 7) is 5.07. The lowest BCUT2D eigenvalue weighted by molar-refractivity contribution is 0.413. The molecule has 2 aromatic rings. The number of hydrogen-bond acceptors (Lipinski definition) is 3. The van der Waals surface area contributed by atoms with Gasteiger partial charge in [-0.2, -0.15) is 5.26 Å². The molecule has 108 valence electrons. The highest BCUT2D eigenvalue weighted by atomic mass is 16.5. The van der Waals surface area contributed by atoms with E-state index in [4.69, 9.17) is 10.00 Å². The van der Waals surface area contributed by atoms with Gasteiger partial charge in [0.15, 0.2) is 0 Å². The van der Waals surface area contributed by atoms with E-state index >= 15 is 0 Å². The summed E-state index contributed by atoms with van der Waals surface area (Å²) in [7, 11) is 1.58. The van der Waals surface area contributed by atoms with E-state index in [0.29, 0.717) is 23.8 Å². The maximum atomic E-state index is 9.00. The molecule has 2 rings (SSSR count). The van der Waals surface area contributed by atoms with Gasteiger partial charge in [-0.05, 0) is 35.2 Å². The predicted octanol–water partition coefficient (Wildman–Crippen LogP) is 4.30. The SMILES string of the molecule is COc1cc(CNc2ccccc2C(C)C)ccc1C#N. The molecule has 1 N–H and O–H groups in total. The van der Waals surface area contributed by atoms with Crippen LogP contribution in [-0.4, -0.2) is 7.11 Å². The Morgan fingerprint density at radius 3 is 2.62 bits per heavy atom. The maximum absolute atomic E-state index is 9.00. The van der Waals surface area contributed by atoms with Crippen molar-refractivity contribution in [1.82, 2.24) is 0 Å². The van der Waals surface area contributed by atoms with Crippen molar-refractivity contribution in [2.75, 3.05) is 12.4 Å². The molecule has 0 radical (unpaired) electrons. The number of nitrogens with one attached hydrogen (secondary N) is 1. The number of benzene rings is 2. The van der Waals surface area contributed by atoms with Crippen LogP contribution < -0.4 is 10.1 Å². The zero-order valence-corrected chi connectivity index (χ0v) is 12.7. The fourth-order valence-corrected chi connectivity index (χ4v) is 2.30. The molecule has 0 spiro atoms. The summed E-state index contributed by atoms with van der Waals surface area (Å²) in [6, 6.07) is 16.1. The smallest absolute Gasteiger partial charge is 0.136 e. The van der Waals surface area contributed by atoms with E-state index in [1.54, 1.807) is 13.2 Å². The van der Waals surface area contributed by atoms with E-state index < -0.39 is 0 Å². The molecule has 3 nitrogen and oxygen atoms in total. The molecular weight excluding hydrogens is 260 g/mol. The van der Waals surface area contributed by atoms with Gasteiger partial charge in [-0.15, -0.1) is 0 Å². The highest BCUT2D eigenvalue weighted by Gasteiger charge is 2.07. The third-order valence-electron chi connectivity index (χ3n) is 3.45. The monoisotopic (exact) mass is 280 g/mol. The Bertz CT molecular complexity index is 657. The van der Waals surface area contributed by atoms with Crippen molar-refractivity contribution in [2.45, 2.75) is 26.3 Å². The van der Waals surface area contributed by atoms with Crippen LogP contribution in [0.2, 0.25) is 0 Å². The molecule has 0 fully saturated rings. The van der Waals surface area contributed by atoms with Gasteiger partial charge in [-0.25, -0.2) is 0 Å². The van der Waals surface area contributed by atoms with E-state index in [1.165, 1.54) is 5.56 Å². The fourth-order valence-electron chi connectivity index (χ4n) is 2.30. The first-order chi connectivity index (χ1) is 10.2. The number of ether oxygens (including phenoxy) is 1. The summed E-state index contributed by atoms with van der Waals surface area (Å²) in [4.78, 5) is 0. The first-order valence-electron chi connectivity index (χ1n) is 7.05. The van der Waals surface area contributed by atoms with E-state index in [0.717, 1.165) is 11.3 Å². The van der Waals surface area contributed by atoms with Gasteiger partial charge in [0.25, 0.3) is 0 Å². The van der Waals surface area contributed by atoms with Crippen LogP contribution in [0.15, 0.2) is 42.5 Å². The quantitative estimate of drug-likeness (QED) is 0.888. The molecule has 0 heterocycles. The molecule has 0 aromatic heterocycles. The molecule has 0 atom stereocenters. The Labute approximate surface area is 126 Å². The van der Waals surface area contributed by atoms with Crippen molar-refractivity contribution >= 4 is 5.69 Å². The largest absolute Gasteiger partial charge is 0.495 e. The normalized spacial score (nSPS) is 10.2. The average Bonchev–Trinajstić information content (AvgIpc) is 2.52. The number of nitrogens with zero attached hydrogens (tertiary/aromatic N) is 1. The van der Waals surface area contributed by atoms with Crippen LogP contribution >= 0.6 is 0 Å². The van der Waals surface area contributed by atoms with Gasteiger partial charge in [0, 0.05) is 12.2 Å². The van der Waals surface area contributed by atoms with E-state index in [1.807, 2.05) is 18.2 Å². The first-order valence-corrected chi connectivity index (χ1v) is 7.05. The zero-order chi connectivity index (χ0) is 15.2. The molecule has 2 aromatic carbocycles. The molecule has 0 aliphatic heterocycles. The van der Waals surface area contributed by atoms with Gasteiger partial charge in [0.05, 0.1) is 12.7 Å². The standard InChI is InChI=1S/C18H20N2O/c1-13(2)16-6-4-5-7-17(16)20-12-14-8-9-15(11-19)18(10-14)21-3/h4-10,13,20H,12H2,1-3H3. The van der Waals surface area contributed by atoms with E-state index in [-0.39, 0.29) is 0 Å². The molecule has 0 aliphatic carbocycles. The first kappa shape index (κ1) is 14.9. The van der Waals surface area contributed by atoms with Gasteiger partial charge < -0.3 is 10.1 Å². The molecule has 0 saturated heterocycles. The summed E-state index contributed by atoms with van der Waals surface area (Å²) in [5.74, 6) is 1.10. The van der Waals surface area contributed by atoms with Crippen molar-refractivity contribution in [3.63, 3.8) is 0 Å². The van der Waals surface area contributed by atoms with Gasteiger partial charge in [0.2, 0.25) is 0 Å². The molecular formula is C18H20N2O. The number of methoxy groups -OCH3 is 1. The lowest BCUT2D eigenvalue weighted by Crippen LogP contribution is -2.03. The van der Waals surface area contributed by atoms with Crippen molar-refractivity contribution in [1.29, 1.82) is 5.26 Å². The number of rotatable bonds is 5. The maximum Gasteiger partial charge on any atom is 0.136 e. The number of anilines is 1. The third kappa shape index (κ3) is 3.55. The summed E-state index contributed by atoms with van der Waals surface area (Å²) < 4.78 is 5.24. The molecule has 21 heavy (non-hydrogen) atoms. The van der Waals surface area contributed by atoms with Crippen LogP contribution in [0.5, 0.6) is 5.75 Å². The Balaban J connectivity index is 2.16. The van der Waals surface area contributed by atoms with Gasteiger partial charge in [-0.3, -0.25) is 0 Å². The van der Waals surface area contributed by atoms with Gasteiger partial charge in [-0.1, -0.05) is 38.1 Å². The Morgan fingerprint density at radius 1 is 1.19 bits per heavy atom. The second kappa shape index (κ2) is 6.81. The summed E-state index contributed by atoms with van der Waals surface area (Å²) in [5.41, 5.74) is 4.10. The van der Waals surface area contributed by atoms with Crippen LogP contribution in [0, 0.1) is 11.3 Å². The number of nitriles is 1. The van der Waals surface area contributed by atoms with Crippen molar-refractivity contribution in [3.8, 4) is 11.8 Å². The zero-order valence-electron chi connectivity index (χ0n) is 12.7. The fraction of sp³-hybridized carbons (Fsp3) is 0.278. The van der Waals surface area contributed by atoms with Crippen LogP contribution in [0.25, 0.3) is 0 Å². The topological polar surface area (TPSA) is 45.0 Å². The van der Waals surface area contributed by atoms with E-state index in [2.05, 4.69) is 43.4 Å². The summed E-state index contributed by atoms with van der Waals surface area (Å²) in [6.07, 6.45) is 0. The summed E-state index contributed by atoms with van der Waals surface area (Å²) >= 11 is 0. The van der Waals surface area contributed by atoms with E-state index in [9.17, 15) is 0 Å².